The summed E-state index contributed by atoms with van der Waals surface area (Å²) in [6.45, 7) is 12.9. The number of piperazine rings is 2. The van der Waals surface area contributed by atoms with Gasteiger partial charge < -0.3 is 29.9 Å². The van der Waals surface area contributed by atoms with Crippen molar-refractivity contribution in [2.75, 3.05) is 61.4 Å². The van der Waals surface area contributed by atoms with Crippen molar-refractivity contribution in [3.05, 3.63) is 29.5 Å². The molecule has 4 aliphatic rings. The summed E-state index contributed by atoms with van der Waals surface area (Å²) in [6.07, 6.45) is 4.92. The predicted molar refractivity (Wildman–Crippen MR) is 156 cm³/mol. The van der Waals surface area contributed by atoms with Crippen LogP contribution in [-0.4, -0.2) is 101 Å². The minimum Gasteiger partial charge on any atom is -0.476 e. The molecule has 6 rings (SSSR count). The van der Waals surface area contributed by atoms with E-state index in [9.17, 15) is 4.79 Å². The zero-order chi connectivity index (χ0) is 28.4. The Morgan fingerprint density at radius 3 is 2.60 bits per heavy atom. The van der Waals surface area contributed by atoms with Gasteiger partial charge in [-0.25, -0.2) is 9.78 Å². The summed E-state index contributed by atoms with van der Waals surface area (Å²) in [4.78, 5) is 25.9. The number of nitrogens with two attached hydrogens (primary N) is 1. The van der Waals surface area contributed by atoms with E-state index >= 15 is 0 Å². The predicted octanol–water partition coefficient (Wildman–Crippen LogP) is 3.67. The molecule has 1 amide bonds. The highest BCUT2D eigenvalue weighted by Gasteiger charge is 2.38. The quantitative estimate of drug-likeness (QED) is 0.550. The molecule has 0 spiro atoms. The Labute approximate surface area is 241 Å². The Kier molecular flexibility index (Phi) is 8.42. The van der Waals surface area contributed by atoms with Gasteiger partial charge in [0.1, 0.15) is 12.2 Å². The summed E-state index contributed by atoms with van der Waals surface area (Å²) in [7, 11) is 0. The number of anilines is 3. The Hall–Kier alpha value is -3.05. The zero-order valence-electron chi connectivity index (χ0n) is 23.9. The van der Waals surface area contributed by atoms with E-state index in [2.05, 4.69) is 42.9 Å². The van der Waals surface area contributed by atoms with Gasteiger partial charge in [-0.15, -0.1) is 10.2 Å². The van der Waals surface area contributed by atoms with Gasteiger partial charge in [0, 0.05) is 81.4 Å². The van der Waals surface area contributed by atoms with Crippen LogP contribution in [0, 0.1) is 0 Å². The van der Waals surface area contributed by atoms with Gasteiger partial charge in [-0.2, -0.15) is 0 Å². The molecule has 12 heteroatoms. The molecule has 3 atom stereocenters. The number of nitrogen functional groups attached to an aromatic ring is 1. The van der Waals surface area contributed by atoms with Gasteiger partial charge in [-0.1, -0.05) is 11.6 Å². The molecule has 2 aromatic heterocycles. The average molecular weight is 573 g/mol. The second kappa shape index (κ2) is 11.8. The third-order valence-corrected chi connectivity index (χ3v) is 8.13. The van der Waals surface area contributed by atoms with Crippen LogP contribution in [0.1, 0.15) is 47.0 Å². The first kappa shape index (κ1) is 28.5. The average Bonchev–Trinajstić information content (AvgIpc) is 3.24. The van der Waals surface area contributed by atoms with E-state index in [4.69, 9.17) is 26.8 Å². The number of fused-ring (bicyclic) bond motifs is 4. The smallest absolute Gasteiger partial charge is 0.410 e. The third-order valence-electron chi connectivity index (χ3n) is 7.95. The van der Waals surface area contributed by atoms with E-state index in [1.165, 1.54) is 0 Å². The minimum absolute atomic E-state index is 0.222. The number of rotatable bonds is 6. The topological polar surface area (TPSA) is 113 Å². The van der Waals surface area contributed by atoms with Gasteiger partial charge in [0.15, 0.2) is 11.0 Å². The minimum atomic E-state index is -0.488. The van der Waals surface area contributed by atoms with Crippen molar-refractivity contribution in [1.82, 2.24) is 25.0 Å². The molecule has 0 radical (unpaired) electrons. The van der Waals surface area contributed by atoms with Crippen molar-refractivity contribution in [3.63, 3.8) is 0 Å². The van der Waals surface area contributed by atoms with Crippen molar-refractivity contribution >= 4 is 34.9 Å². The molecule has 40 heavy (non-hydrogen) atoms. The second-order valence-corrected chi connectivity index (χ2v) is 12.4. The van der Waals surface area contributed by atoms with Crippen LogP contribution in [0.3, 0.4) is 0 Å². The van der Waals surface area contributed by atoms with Crippen LogP contribution in [0.2, 0.25) is 5.15 Å². The first-order valence-corrected chi connectivity index (χ1v) is 14.6. The van der Waals surface area contributed by atoms with Crippen LogP contribution in [-0.2, 0) is 4.74 Å². The fourth-order valence-corrected chi connectivity index (χ4v) is 6.13. The number of hydrogen-bond donors (Lipinski definition) is 1. The van der Waals surface area contributed by atoms with E-state index < -0.39 is 5.60 Å². The number of hydrogen-bond acceptors (Lipinski definition) is 10. The Morgan fingerprint density at radius 2 is 1.85 bits per heavy atom. The third kappa shape index (κ3) is 6.63. The highest BCUT2D eigenvalue weighted by atomic mass is 35.5. The molecule has 4 fully saturated rings. The van der Waals surface area contributed by atoms with E-state index in [0.29, 0.717) is 48.6 Å². The van der Waals surface area contributed by atoms with E-state index in [1.54, 1.807) is 4.90 Å². The summed E-state index contributed by atoms with van der Waals surface area (Å²) >= 11 is 6.15. The number of carbonyl (C=O) groups excluding carboxylic acids is 1. The van der Waals surface area contributed by atoms with E-state index in [1.807, 2.05) is 39.1 Å². The fraction of sp³-hybridized carbons (Fsp3) is 0.643. The molecule has 0 saturated carbocycles. The second-order valence-electron chi connectivity index (χ2n) is 12.0. The lowest BCUT2D eigenvalue weighted by atomic mass is 10.1. The van der Waals surface area contributed by atoms with Gasteiger partial charge >= 0.3 is 6.09 Å². The number of carbonyl (C=O) groups is 1. The number of ether oxygens (including phenoxy) is 2. The number of halogens is 1. The fourth-order valence-electron chi connectivity index (χ4n) is 5.99. The van der Waals surface area contributed by atoms with Crippen LogP contribution in [0.25, 0.3) is 0 Å². The number of aromatic nitrogens is 3. The first-order valence-electron chi connectivity index (χ1n) is 14.2. The Morgan fingerprint density at radius 1 is 1.10 bits per heavy atom. The molecule has 2 bridgehead atoms. The number of amides is 1. The molecule has 2 unspecified atom stereocenters. The first-order chi connectivity index (χ1) is 19.1. The summed E-state index contributed by atoms with van der Waals surface area (Å²) in [5.41, 5.74) is 7.69. The summed E-state index contributed by atoms with van der Waals surface area (Å²) in [5.74, 6) is 1.05. The Balaban J connectivity index is 1.16. The highest BCUT2D eigenvalue weighted by molar-refractivity contribution is 6.29. The molecule has 6 heterocycles. The lowest BCUT2D eigenvalue weighted by Gasteiger charge is -2.46. The molecule has 11 nitrogen and oxygen atoms in total. The van der Waals surface area contributed by atoms with Crippen molar-refractivity contribution in [2.24, 2.45) is 0 Å². The SMILES string of the molecule is C[C@@H]1CN(C(=O)OC(C)(C)C)CCN1CCOc1cc(N2CC3CCCC2CN3c2cc(Cl)nnc2N)ccn1. The van der Waals surface area contributed by atoms with E-state index in [0.717, 1.165) is 56.8 Å². The maximum absolute atomic E-state index is 12.4. The van der Waals surface area contributed by atoms with Gasteiger partial charge in [-0.05, 0) is 53.0 Å². The van der Waals surface area contributed by atoms with Crippen molar-refractivity contribution in [1.29, 1.82) is 0 Å². The van der Waals surface area contributed by atoms with E-state index in [-0.39, 0.29) is 12.1 Å². The summed E-state index contributed by atoms with van der Waals surface area (Å²) in [6, 6.07) is 6.80. The van der Waals surface area contributed by atoms with Gasteiger partial charge in [-0.3, -0.25) is 4.90 Å². The molecule has 4 saturated heterocycles. The maximum Gasteiger partial charge on any atom is 0.410 e. The van der Waals surface area contributed by atoms with Gasteiger partial charge in [0.05, 0.1) is 5.69 Å². The molecule has 0 aliphatic carbocycles. The molecular formula is C28H41ClN8O3. The number of nitrogens with zero attached hydrogens (tertiary/aromatic N) is 7. The van der Waals surface area contributed by atoms with Crippen LogP contribution in [0.15, 0.2) is 24.4 Å². The van der Waals surface area contributed by atoms with Gasteiger partial charge in [0.2, 0.25) is 5.88 Å². The summed E-state index contributed by atoms with van der Waals surface area (Å²) < 4.78 is 11.7. The van der Waals surface area contributed by atoms with Crippen LogP contribution < -0.4 is 20.3 Å². The normalized spacial score (nSPS) is 23.7. The molecule has 218 valence electrons. The van der Waals surface area contributed by atoms with Crippen LogP contribution >= 0.6 is 11.6 Å². The molecular weight excluding hydrogens is 532 g/mol. The maximum atomic E-state index is 12.4. The van der Waals surface area contributed by atoms with Crippen molar-refractivity contribution < 1.29 is 14.3 Å². The highest BCUT2D eigenvalue weighted by Crippen LogP contribution is 2.37. The van der Waals surface area contributed by atoms with Crippen molar-refractivity contribution in [2.45, 2.75) is 70.7 Å². The zero-order valence-corrected chi connectivity index (χ0v) is 24.7. The summed E-state index contributed by atoms with van der Waals surface area (Å²) in [5, 5.41) is 8.28. The Bertz CT molecular complexity index is 1190. The van der Waals surface area contributed by atoms with Crippen molar-refractivity contribution in [3.8, 4) is 5.88 Å². The monoisotopic (exact) mass is 572 g/mol. The van der Waals surface area contributed by atoms with Crippen LogP contribution in [0.4, 0.5) is 22.0 Å². The molecule has 0 aromatic carbocycles. The molecule has 2 N–H and O–H groups in total. The molecule has 2 aromatic rings. The molecule has 4 aliphatic heterocycles. The van der Waals surface area contributed by atoms with Crippen LogP contribution in [0.5, 0.6) is 5.88 Å². The lowest BCUT2D eigenvalue weighted by Crippen LogP contribution is -2.57. The standard InChI is InChI=1S/C28H41ClN8O3/c1-19-16-35(27(38)40-28(2,3)4)11-10-34(19)12-13-39-25-14-20(8-9-31-25)36-17-22-7-5-6-21(36)18-37(22)23-15-24(29)32-33-26(23)30/h8-9,14-15,19,21-22H,5-7,10-13,16-18H2,1-4H3,(H2,30,33)/t19-,21?,22?/m1/s1. The largest absolute Gasteiger partial charge is 0.476 e. The lowest BCUT2D eigenvalue weighted by molar-refractivity contribution is 0.00424. The van der Waals surface area contributed by atoms with Gasteiger partial charge in [0.25, 0.3) is 0 Å². The number of pyridine rings is 1.